The van der Waals surface area contributed by atoms with Crippen molar-refractivity contribution in [3.8, 4) is 0 Å². The van der Waals surface area contributed by atoms with Crippen LogP contribution in [0.1, 0.15) is 35.3 Å². The standard InChI is InChI=1S/C22H27ClN6O/c1-28-9-5-15(6-10-28)7-11-29-20(23)13-19(27-29)22(30)26-14-16-2-3-18-17(12-16)4-8-25-21(18)24/h2-4,8,12-13,15H,5-7,9-11,14H2,1H3,(H2,24,25)(H,26,30). The highest BCUT2D eigenvalue weighted by atomic mass is 35.5. The Bertz CT molecular complexity index is 1040. The number of pyridine rings is 1. The van der Waals surface area contributed by atoms with Crippen molar-refractivity contribution in [2.24, 2.45) is 5.92 Å². The van der Waals surface area contributed by atoms with E-state index in [2.05, 4.69) is 27.3 Å². The third kappa shape index (κ3) is 4.74. The number of hydrogen-bond acceptors (Lipinski definition) is 5. The molecule has 158 valence electrons. The van der Waals surface area contributed by atoms with Crippen molar-refractivity contribution in [3.05, 3.63) is 52.9 Å². The summed E-state index contributed by atoms with van der Waals surface area (Å²) in [5.74, 6) is 0.962. The topological polar surface area (TPSA) is 89.1 Å². The minimum atomic E-state index is -0.232. The molecule has 4 rings (SSSR count). The first-order valence-electron chi connectivity index (χ1n) is 10.3. The van der Waals surface area contributed by atoms with Gasteiger partial charge in [0.15, 0.2) is 5.69 Å². The van der Waals surface area contributed by atoms with Gasteiger partial charge in [-0.1, -0.05) is 23.7 Å². The molecule has 2 aromatic heterocycles. The molecule has 0 unspecified atom stereocenters. The van der Waals surface area contributed by atoms with Gasteiger partial charge in [0.25, 0.3) is 5.91 Å². The molecule has 1 fully saturated rings. The zero-order chi connectivity index (χ0) is 21.1. The molecule has 1 aromatic carbocycles. The van der Waals surface area contributed by atoms with Crippen LogP contribution in [0.25, 0.3) is 10.8 Å². The third-order valence-electron chi connectivity index (χ3n) is 5.86. The second-order valence-corrected chi connectivity index (χ2v) is 8.43. The summed E-state index contributed by atoms with van der Waals surface area (Å²) in [5, 5.41) is 9.74. The lowest BCUT2D eigenvalue weighted by molar-refractivity contribution is 0.0945. The van der Waals surface area contributed by atoms with E-state index < -0.39 is 0 Å². The number of aryl methyl sites for hydroxylation is 1. The summed E-state index contributed by atoms with van der Waals surface area (Å²) in [6, 6.07) is 9.41. The fraction of sp³-hybridized carbons (Fsp3) is 0.409. The van der Waals surface area contributed by atoms with Gasteiger partial charge in [0.2, 0.25) is 0 Å². The lowest BCUT2D eigenvalue weighted by Gasteiger charge is -2.28. The number of nitrogens with two attached hydrogens (primary N) is 1. The average Bonchev–Trinajstić information content (AvgIpc) is 3.12. The number of aromatic nitrogens is 3. The van der Waals surface area contributed by atoms with Gasteiger partial charge in [-0.3, -0.25) is 9.48 Å². The largest absolute Gasteiger partial charge is 0.383 e. The first-order chi connectivity index (χ1) is 14.5. The number of rotatable bonds is 6. The quantitative estimate of drug-likeness (QED) is 0.631. The Morgan fingerprint density at radius 3 is 2.87 bits per heavy atom. The van der Waals surface area contributed by atoms with Crippen molar-refractivity contribution >= 4 is 34.1 Å². The van der Waals surface area contributed by atoms with Crippen molar-refractivity contribution in [2.75, 3.05) is 25.9 Å². The van der Waals surface area contributed by atoms with Crippen molar-refractivity contribution in [1.29, 1.82) is 0 Å². The van der Waals surface area contributed by atoms with E-state index >= 15 is 0 Å². The van der Waals surface area contributed by atoms with Crippen LogP contribution in [0.2, 0.25) is 5.15 Å². The second-order valence-electron chi connectivity index (χ2n) is 8.05. The van der Waals surface area contributed by atoms with Crippen LogP contribution in [-0.2, 0) is 13.1 Å². The molecule has 0 atom stereocenters. The van der Waals surface area contributed by atoms with Gasteiger partial charge < -0.3 is 16.0 Å². The highest BCUT2D eigenvalue weighted by molar-refractivity contribution is 6.30. The molecule has 0 bridgehead atoms. The smallest absolute Gasteiger partial charge is 0.272 e. The van der Waals surface area contributed by atoms with Gasteiger partial charge in [0.1, 0.15) is 11.0 Å². The normalized spacial score (nSPS) is 15.5. The third-order valence-corrected chi connectivity index (χ3v) is 6.17. The number of piperidine rings is 1. The van der Waals surface area contributed by atoms with Crippen LogP contribution in [0.3, 0.4) is 0 Å². The summed E-state index contributed by atoms with van der Waals surface area (Å²) in [5.41, 5.74) is 7.22. The van der Waals surface area contributed by atoms with Gasteiger partial charge in [-0.25, -0.2) is 4.98 Å². The molecule has 1 aliphatic heterocycles. The molecule has 0 radical (unpaired) electrons. The highest BCUT2D eigenvalue weighted by Gasteiger charge is 2.18. The fourth-order valence-electron chi connectivity index (χ4n) is 3.95. The molecule has 8 heteroatoms. The maximum Gasteiger partial charge on any atom is 0.272 e. The van der Waals surface area contributed by atoms with Crippen LogP contribution in [0.15, 0.2) is 36.5 Å². The predicted octanol–water partition coefficient (Wildman–Crippen LogP) is 3.33. The van der Waals surface area contributed by atoms with E-state index in [4.69, 9.17) is 17.3 Å². The van der Waals surface area contributed by atoms with Crippen LogP contribution in [0.5, 0.6) is 0 Å². The molecule has 3 aromatic rings. The molecule has 30 heavy (non-hydrogen) atoms. The first kappa shape index (κ1) is 20.6. The highest BCUT2D eigenvalue weighted by Crippen LogP contribution is 2.22. The number of amides is 1. The number of likely N-dealkylation sites (tertiary alicyclic amines) is 1. The van der Waals surface area contributed by atoms with Crippen molar-refractivity contribution in [3.63, 3.8) is 0 Å². The minimum absolute atomic E-state index is 0.232. The Morgan fingerprint density at radius 2 is 2.07 bits per heavy atom. The number of halogens is 1. The number of fused-ring (bicyclic) bond motifs is 1. The second kappa shape index (κ2) is 9.02. The van der Waals surface area contributed by atoms with Gasteiger partial charge in [-0.2, -0.15) is 5.10 Å². The SMILES string of the molecule is CN1CCC(CCn2nc(C(=O)NCc3ccc4c(N)nccc4c3)cc2Cl)CC1. The van der Waals surface area contributed by atoms with Gasteiger partial charge in [-0.05, 0) is 68.4 Å². The number of anilines is 1. The van der Waals surface area contributed by atoms with Crippen molar-refractivity contribution < 1.29 is 4.79 Å². The van der Waals surface area contributed by atoms with Crippen LogP contribution >= 0.6 is 11.6 Å². The molecule has 0 saturated carbocycles. The van der Waals surface area contributed by atoms with E-state index in [0.29, 0.717) is 29.1 Å². The van der Waals surface area contributed by atoms with Crippen LogP contribution in [-0.4, -0.2) is 45.7 Å². The summed E-state index contributed by atoms with van der Waals surface area (Å²) >= 11 is 6.32. The van der Waals surface area contributed by atoms with Gasteiger partial charge in [-0.15, -0.1) is 0 Å². The van der Waals surface area contributed by atoms with E-state index in [0.717, 1.165) is 42.4 Å². The molecule has 7 nitrogen and oxygen atoms in total. The number of nitrogens with zero attached hydrogens (tertiary/aromatic N) is 4. The fourth-order valence-corrected chi connectivity index (χ4v) is 4.18. The Balaban J connectivity index is 1.34. The number of nitrogens with one attached hydrogen (secondary N) is 1. The molecule has 3 N–H and O–H groups in total. The van der Waals surface area contributed by atoms with E-state index in [1.807, 2.05) is 24.3 Å². The molecular formula is C22H27ClN6O. The summed E-state index contributed by atoms with van der Waals surface area (Å²) in [6.07, 6.45) is 5.12. The predicted molar refractivity (Wildman–Crippen MR) is 119 cm³/mol. The van der Waals surface area contributed by atoms with Crippen molar-refractivity contribution in [1.82, 2.24) is 25.0 Å². The Kier molecular flexibility index (Phi) is 6.20. The monoisotopic (exact) mass is 426 g/mol. The molecule has 1 aliphatic rings. The van der Waals surface area contributed by atoms with Gasteiger partial charge in [0, 0.05) is 30.7 Å². The minimum Gasteiger partial charge on any atom is -0.383 e. The zero-order valence-electron chi connectivity index (χ0n) is 17.1. The van der Waals surface area contributed by atoms with Crippen LogP contribution in [0.4, 0.5) is 5.82 Å². The summed E-state index contributed by atoms with van der Waals surface area (Å²) in [7, 11) is 2.16. The molecule has 3 heterocycles. The zero-order valence-corrected chi connectivity index (χ0v) is 17.9. The van der Waals surface area contributed by atoms with E-state index in [1.54, 1.807) is 16.9 Å². The van der Waals surface area contributed by atoms with Crippen LogP contribution < -0.4 is 11.1 Å². The molecule has 0 spiro atoms. The van der Waals surface area contributed by atoms with Gasteiger partial charge in [0.05, 0.1) is 0 Å². The maximum absolute atomic E-state index is 12.6. The lowest BCUT2D eigenvalue weighted by atomic mass is 9.94. The molecule has 1 saturated heterocycles. The summed E-state index contributed by atoms with van der Waals surface area (Å²) < 4.78 is 1.74. The number of nitrogen functional groups attached to an aromatic ring is 1. The van der Waals surface area contributed by atoms with E-state index in [1.165, 1.54) is 12.8 Å². The van der Waals surface area contributed by atoms with E-state index in [9.17, 15) is 4.79 Å². The Labute approximate surface area is 181 Å². The van der Waals surface area contributed by atoms with E-state index in [-0.39, 0.29) is 5.91 Å². The summed E-state index contributed by atoms with van der Waals surface area (Å²) in [6.45, 7) is 3.42. The Morgan fingerprint density at radius 1 is 1.27 bits per heavy atom. The molecule has 1 amide bonds. The van der Waals surface area contributed by atoms with Gasteiger partial charge >= 0.3 is 0 Å². The molecule has 0 aliphatic carbocycles. The Hall–Kier alpha value is -2.64. The number of carbonyl (C=O) groups excluding carboxylic acids is 1. The first-order valence-corrected chi connectivity index (χ1v) is 10.7. The number of benzene rings is 1. The maximum atomic E-state index is 12.6. The average molecular weight is 427 g/mol. The summed E-state index contributed by atoms with van der Waals surface area (Å²) in [4.78, 5) is 19.0. The number of hydrogen-bond donors (Lipinski definition) is 2. The molecular weight excluding hydrogens is 400 g/mol. The van der Waals surface area contributed by atoms with Crippen molar-refractivity contribution in [2.45, 2.75) is 32.4 Å². The van der Waals surface area contributed by atoms with Crippen LogP contribution in [0, 0.1) is 5.92 Å². The lowest BCUT2D eigenvalue weighted by Crippen LogP contribution is -2.30. The number of carbonyl (C=O) groups is 1.